The van der Waals surface area contributed by atoms with E-state index in [1.807, 2.05) is 20.8 Å². The number of thiazole rings is 1. The predicted molar refractivity (Wildman–Crippen MR) is 112 cm³/mol. The Kier molecular flexibility index (Phi) is 9.47. The molecule has 0 aliphatic carbocycles. The SMILES string of the molecule is CCOC(=O)N1CCC(NC(=NC)NCc2sc(C)nc2C)CC1.I. The standard InChI is InChI=1S/C16H27N5O2S.HI/c1-5-23-16(22)21-8-6-13(7-9-21)20-15(17-4)18-10-14-11(2)19-12(3)24-14;/h13H,5-10H2,1-4H3,(H2,17,18,20);1H. The number of carbonyl (C=O) groups excluding carboxylic acids is 1. The summed E-state index contributed by atoms with van der Waals surface area (Å²) in [4.78, 5) is 23.4. The van der Waals surface area contributed by atoms with E-state index in [0.29, 0.717) is 25.7 Å². The van der Waals surface area contributed by atoms with Crippen LogP contribution in [0.25, 0.3) is 0 Å². The number of piperidine rings is 1. The zero-order valence-corrected chi connectivity index (χ0v) is 18.4. The van der Waals surface area contributed by atoms with Gasteiger partial charge in [0.2, 0.25) is 0 Å². The molecule has 0 radical (unpaired) electrons. The van der Waals surface area contributed by atoms with E-state index in [9.17, 15) is 4.79 Å². The highest BCUT2D eigenvalue weighted by Gasteiger charge is 2.24. The first-order valence-corrected chi connectivity index (χ1v) is 9.17. The molecule has 1 saturated heterocycles. The van der Waals surface area contributed by atoms with Crippen molar-refractivity contribution in [2.75, 3.05) is 26.7 Å². The highest BCUT2D eigenvalue weighted by Crippen LogP contribution is 2.16. The van der Waals surface area contributed by atoms with E-state index in [1.54, 1.807) is 23.3 Å². The molecule has 2 heterocycles. The number of halogens is 1. The van der Waals surface area contributed by atoms with Crippen LogP contribution in [0.4, 0.5) is 4.79 Å². The Labute approximate surface area is 170 Å². The number of aliphatic imine (C=N–C) groups is 1. The van der Waals surface area contributed by atoms with Crippen LogP contribution in [0.1, 0.15) is 35.3 Å². The van der Waals surface area contributed by atoms with Gasteiger partial charge in [-0.15, -0.1) is 35.3 Å². The van der Waals surface area contributed by atoms with Crippen LogP contribution in [0.3, 0.4) is 0 Å². The van der Waals surface area contributed by atoms with Crippen molar-refractivity contribution in [1.82, 2.24) is 20.5 Å². The van der Waals surface area contributed by atoms with E-state index in [2.05, 4.69) is 20.6 Å². The Morgan fingerprint density at radius 2 is 2.08 bits per heavy atom. The molecule has 2 N–H and O–H groups in total. The van der Waals surface area contributed by atoms with E-state index >= 15 is 0 Å². The summed E-state index contributed by atoms with van der Waals surface area (Å²) in [6.07, 6.45) is 1.56. The van der Waals surface area contributed by atoms with Crippen molar-refractivity contribution in [2.45, 2.75) is 46.2 Å². The lowest BCUT2D eigenvalue weighted by atomic mass is 10.1. The minimum Gasteiger partial charge on any atom is -0.450 e. The molecule has 1 amide bonds. The van der Waals surface area contributed by atoms with Gasteiger partial charge >= 0.3 is 6.09 Å². The fourth-order valence-electron chi connectivity index (χ4n) is 2.71. The molecule has 1 aliphatic rings. The van der Waals surface area contributed by atoms with Crippen LogP contribution in [-0.2, 0) is 11.3 Å². The highest BCUT2D eigenvalue weighted by atomic mass is 127. The smallest absolute Gasteiger partial charge is 0.409 e. The molecule has 0 atom stereocenters. The summed E-state index contributed by atoms with van der Waals surface area (Å²) in [7, 11) is 1.77. The summed E-state index contributed by atoms with van der Waals surface area (Å²) in [6.45, 7) is 8.44. The molecule has 1 fully saturated rings. The molecule has 0 saturated carbocycles. The summed E-state index contributed by atoms with van der Waals surface area (Å²) in [5, 5.41) is 7.87. The number of likely N-dealkylation sites (tertiary alicyclic amines) is 1. The fourth-order valence-corrected chi connectivity index (χ4v) is 3.59. The summed E-state index contributed by atoms with van der Waals surface area (Å²) >= 11 is 1.71. The van der Waals surface area contributed by atoms with Gasteiger partial charge in [-0.2, -0.15) is 0 Å². The lowest BCUT2D eigenvalue weighted by Crippen LogP contribution is -2.49. The molecule has 1 aromatic rings. The molecule has 1 aromatic heterocycles. The molecule has 0 spiro atoms. The van der Waals surface area contributed by atoms with E-state index < -0.39 is 0 Å². The van der Waals surface area contributed by atoms with Gasteiger partial charge in [-0.25, -0.2) is 9.78 Å². The molecule has 0 aromatic carbocycles. The monoisotopic (exact) mass is 481 g/mol. The van der Waals surface area contributed by atoms with Crippen molar-refractivity contribution < 1.29 is 9.53 Å². The number of carbonyl (C=O) groups is 1. The lowest BCUT2D eigenvalue weighted by molar-refractivity contribution is 0.0963. The third kappa shape index (κ3) is 6.61. The Balaban J connectivity index is 0.00000312. The third-order valence-corrected chi connectivity index (χ3v) is 5.07. The molecular weight excluding hydrogens is 453 g/mol. The number of amides is 1. The van der Waals surface area contributed by atoms with Gasteiger partial charge < -0.3 is 20.3 Å². The van der Waals surface area contributed by atoms with Crippen LogP contribution in [0.15, 0.2) is 4.99 Å². The molecule has 0 bridgehead atoms. The zero-order chi connectivity index (χ0) is 17.5. The summed E-state index contributed by atoms with van der Waals surface area (Å²) < 4.78 is 5.05. The van der Waals surface area contributed by atoms with E-state index in [4.69, 9.17) is 4.74 Å². The van der Waals surface area contributed by atoms with Crippen LogP contribution in [0.5, 0.6) is 0 Å². The number of nitrogens with one attached hydrogen (secondary N) is 2. The van der Waals surface area contributed by atoms with Crippen LogP contribution in [-0.4, -0.2) is 54.7 Å². The quantitative estimate of drug-likeness (QED) is 0.393. The molecule has 2 rings (SSSR count). The number of aromatic nitrogens is 1. The minimum atomic E-state index is -0.213. The molecule has 9 heteroatoms. The number of hydrogen-bond donors (Lipinski definition) is 2. The van der Waals surface area contributed by atoms with Crippen LogP contribution >= 0.6 is 35.3 Å². The van der Waals surface area contributed by atoms with Gasteiger partial charge in [-0.1, -0.05) is 0 Å². The third-order valence-electron chi connectivity index (χ3n) is 4.00. The van der Waals surface area contributed by atoms with Gasteiger partial charge in [0.05, 0.1) is 23.9 Å². The Morgan fingerprint density at radius 1 is 1.40 bits per heavy atom. The van der Waals surface area contributed by atoms with Gasteiger partial charge in [0, 0.05) is 31.1 Å². The normalized spacial score (nSPS) is 15.5. The lowest BCUT2D eigenvalue weighted by Gasteiger charge is -2.32. The van der Waals surface area contributed by atoms with E-state index in [-0.39, 0.29) is 30.1 Å². The molecular formula is C16H28IN5O2S. The van der Waals surface area contributed by atoms with Crippen LogP contribution in [0, 0.1) is 13.8 Å². The summed E-state index contributed by atoms with van der Waals surface area (Å²) in [5.41, 5.74) is 1.07. The van der Waals surface area contributed by atoms with E-state index in [0.717, 1.165) is 36.0 Å². The topological polar surface area (TPSA) is 78.8 Å². The number of aryl methyl sites for hydroxylation is 2. The second-order valence-electron chi connectivity index (χ2n) is 5.77. The number of rotatable bonds is 4. The Bertz CT molecular complexity index is 585. The molecule has 142 valence electrons. The van der Waals surface area contributed by atoms with Crippen molar-refractivity contribution in [3.8, 4) is 0 Å². The van der Waals surface area contributed by atoms with Crippen LogP contribution in [0.2, 0.25) is 0 Å². The first-order chi connectivity index (χ1) is 11.5. The van der Waals surface area contributed by atoms with Gasteiger partial charge in [0.1, 0.15) is 0 Å². The molecule has 25 heavy (non-hydrogen) atoms. The average Bonchev–Trinajstić information content (AvgIpc) is 2.89. The largest absolute Gasteiger partial charge is 0.450 e. The zero-order valence-electron chi connectivity index (χ0n) is 15.3. The maximum absolute atomic E-state index is 11.7. The second kappa shape index (κ2) is 10.8. The van der Waals surface area contributed by atoms with Crippen molar-refractivity contribution in [1.29, 1.82) is 0 Å². The average molecular weight is 481 g/mol. The highest BCUT2D eigenvalue weighted by molar-refractivity contribution is 14.0. The number of hydrogen-bond acceptors (Lipinski definition) is 5. The number of ether oxygens (including phenoxy) is 1. The summed E-state index contributed by atoms with van der Waals surface area (Å²) in [5.74, 6) is 0.787. The molecule has 1 aliphatic heterocycles. The number of nitrogens with zero attached hydrogens (tertiary/aromatic N) is 3. The Hall–Kier alpha value is -1.10. The second-order valence-corrected chi connectivity index (χ2v) is 7.06. The molecule has 7 nitrogen and oxygen atoms in total. The summed E-state index contributed by atoms with van der Waals surface area (Å²) in [6, 6.07) is 0.311. The predicted octanol–water partition coefficient (Wildman–Crippen LogP) is 2.66. The van der Waals surface area contributed by atoms with Gasteiger partial charge in [-0.05, 0) is 33.6 Å². The van der Waals surface area contributed by atoms with Gasteiger partial charge in [0.25, 0.3) is 0 Å². The molecule has 0 unspecified atom stereocenters. The van der Waals surface area contributed by atoms with Crippen molar-refractivity contribution in [2.24, 2.45) is 4.99 Å². The van der Waals surface area contributed by atoms with Crippen molar-refractivity contribution in [3.05, 3.63) is 15.6 Å². The van der Waals surface area contributed by atoms with Gasteiger partial charge in [-0.3, -0.25) is 4.99 Å². The number of guanidine groups is 1. The van der Waals surface area contributed by atoms with E-state index in [1.165, 1.54) is 4.88 Å². The fraction of sp³-hybridized carbons (Fsp3) is 0.688. The minimum absolute atomic E-state index is 0. The van der Waals surface area contributed by atoms with Crippen molar-refractivity contribution in [3.63, 3.8) is 0 Å². The maximum atomic E-state index is 11.7. The Morgan fingerprint density at radius 3 is 2.60 bits per heavy atom. The first kappa shape index (κ1) is 21.9. The van der Waals surface area contributed by atoms with Crippen LogP contribution < -0.4 is 10.6 Å². The van der Waals surface area contributed by atoms with Crippen molar-refractivity contribution >= 4 is 47.4 Å². The first-order valence-electron chi connectivity index (χ1n) is 8.35. The van der Waals surface area contributed by atoms with Gasteiger partial charge in [0.15, 0.2) is 5.96 Å². The maximum Gasteiger partial charge on any atom is 0.409 e.